The number of nitrogens with zero attached hydrogens (tertiary/aromatic N) is 1. The van der Waals surface area contributed by atoms with Crippen LogP contribution in [0.5, 0.6) is 0 Å². The van der Waals surface area contributed by atoms with Gasteiger partial charge in [0.25, 0.3) is 0 Å². The zero-order chi connectivity index (χ0) is 10.7. The van der Waals surface area contributed by atoms with Crippen molar-refractivity contribution < 1.29 is 8.81 Å². The molecule has 1 aromatic carbocycles. The van der Waals surface area contributed by atoms with Crippen LogP contribution in [0.25, 0.3) is 0 Å². The third-order valence-corrected chi connectivity index (χ3v) is 2.10. The maximum Gasteiger partial charge on any atom is 0.180 e. The standard InChI is InChI=1S/C10H8ClFN2O/c11-7-1-2-10(9(12)3-7)14-5-8-4-13-6-15-8/h1-4,6,14H,5H2. The third kappa shape index (κ3) is 2.47. The number of oxazole rings is 1. The minimum Gasteiger partial charge on any atom is -0.447 e. The fourth-order valence-corrected chi connectivity index (χ4v) is 1.30. The van der Waals surface area contributed by atoms with Crippen molar-refractivity contribution in [1.29, 1.82) is 0 Å². The molecule has 0 atom stereocenters. The number of nitrogens with one attached hydrogen (secondary N) is 1. The molecule has 1 N–H and O–H groups in total. The highest BCUT2D eigenvalue weighted by molar-refractivity contribution is 6.30. The molecule has 0 aliphatic carbocycles. The summed E-state index contributed by atoms with van der Waals surface area (Å²) in [6.45, 7) is 0.387. The quantitative estimate of drug-likeness (QED) is 0.874. The van der Waals surface area contributed by atoms with Gasteiger partial charge < -0.3 is 9.73 Å². The zero-order valence-electron chi connectivity index (χ0n) is 7.71. The van der Waals surface area contributed by atoms with E-state index in [1.807, 2.05) is 0 Å². The monoisotopic (exact) mass is 226 g/mol. The first-order valence-electron chi connectivity index (χ1n) is 4.32. The van der Waals surface area contributed by atoms with Crippen LogP contribution < -0.4 is 5.32 Å². The highest BCUT2D eigenvalue weighted by Crippen LogP contribution is 2.19. The van der Waals surface area contributed by atoms with E-state index < -0.39 is 0 Å². The van der Waals surface area contributed by atoms with Gasteiger partial charge >= 0.3 is 0 Å². The molecule has 15 heavy (non-hydrogen) atoms. The number of halogens is 2. The fraction of sp³-hybridized carbons (Fsp3) is 0.100. The predicted molar refractivity (Wildman–Crippen MR) is 55.2 cm³/mol. The van der Waals surface area contributed by atoms with Crippen LogP contribution in [0.2, 0.25) is 5.02 Å². The molecule has 0 spiro atoms. The normalized spacial score (nSPS) is 10.3. The largest absolute Gasteiger partial charge is 0.447 e. The van der Waals surface area contributed by atoms with E-state index in [4.69, 9.17) is 16.0 Å². The summed E-state index contributed by atoms with van der Waals surface area (Å²) < 4.78 is 18.3. The van der Waals surface area contributed by atoms with E-state index >= 15 is 0 Å². The molecule has 0 unspecified atom stereocenters. The number of benzene rings is 1. The summed E-state index contributed by atoms with van der Waals surface area (Å²) >= 11 is 5.62. The minimum absolute atomic E-state index is 0.373. The second-order valence-electron chi connectivity index (χ2n) is 2.95. The molecule has 2 aromatic rings. The summed E-state index contributed by atoms with van der Waals surface area (Å²) in [6, 6.07) is 4.45. The first-order valence-corrected chi connectivity index (χ1v) is 4.70. The molecule has 5 heteroatoms. The Bertz CT molecular complexity index is 445. The lowest BCUT2D eigenvalue weighted by molar-refractivity contribution is 0.511. The van der Waals surface area contributed by atoms with Crippen LogP contribution in [0.4, 0.5) is 10.1 Å². The summed E-state index contributed by atoms with van der Waals surface area (Å²) in [5, 5.41) is 3.25. The van der Waals surface area contributed by atoms with E-state index in [1.165, 1.54) is 12.5 Å². The minimum atomic E-state index is -0.387. The molecule has 1 heterocycles. The average Bonchev–Trinajstić information content (AvgIpc) is 2.69. The average molecular weight is 227 g/mol. The van der Waals surface area contributed by atoms with E-state index in [2.05, 4.69) is 10.3 Å². The van der Waals surface area contributed by atoms with Gasteiger partial charge in [-0.15, -0.1) is 0 Å². The van der Waals surface area contributed by atoms with Gasteiger partial charge in [-0.2, -0.15) is 0 Å². The SMILES string of the molecule is Fc1cc(Cl)ccc1NCc1cnco1. The molecule has 78 valence electrons. The topological polar surface area (TPSA) is 38.1 Å². The van der Waals surface area contributed by atoms with Crippen LogP contribution in [0.3, 0.4) is 0 Å². The van der Waals surface area contributed by atoms with Crippen molar-refractivity contribution in [1.82, 2.24) is 4.98 Å². The van der Waals surface area contributed by atoms with Crippen molar-refractivity contribution in [3.63, 3.8) is 0 Å². The Labute approximate surface area is 90.9 Å². The number of rotatable bonds is 3. The molecule has 3 nitrogen and oxygen atoms in total. The molecular formula is C10H8ClFN2O. The summed E-state index contributed by atoms with van der Waals surface area (Å²) in [5.74, 6) is 0.256. The van der Waals surface area contributed by atoms with Crippen molar-refractivity contribution in [2.45, 2.75) is 6.54 Å². The maximum absolute atomic E-state index is 13.3. The first kappa shape index (κ1) is 9.98. The lowest BCUT2D eigenvalue weighted by Gasteiger charge is -2.05. The molecule has 0 amide bonds. The Kier molecular flexibility index (Phi) is 2.87. The van der Waals surface area contributed by atoms with Crippen molar-refractivity contribution in [3.05, 3.63) is 47.4 Å². The number of hydrogen-bond donors (Lipinski definition) is 1. The number of aromatic nitrogens is 1. The smallest absolute Gasteiger partial charge is 0.180 e. The molecule has 1 aromatic heterocycles. The van der Waals surface area contributed by atoms with E-state index in [0.29, 0.717) is 23.0 Å². The van der Waals surface area contributed by atoms with Gasteiger partial charge in [0.2, 0.25) is 0 Å². The first-order chi connectivity index (χ1) is 7.25. The van der Waals surface area contributed by atoms with Crippen LogP contribution in [-0.4, -0.2) is 4.98 Å². The van der Waals surface area contributed by atoms with E-state index in [1.54, 1.807) is 18.3 Å². The van der Waals surface area contributed by atoms with Crippen LogP contribution in [0.1, 0.15) is 5.76 Å². The van der Waals surface area contributed by atoms with Gasteiger partial charge in [-0.3, -0.25) is 0 Å². The highest BCUT2D eigenvalue weighted by atomic mass is 35.5. The molecule has 0 radical (unpaired) electrons. The summed E-state index contributed by atoms with van der Waals surface area (Å²) in [7, 11) is 0. The third-order valence-electron chi connectivity index (χ3n) is 1.87. The predicted octanol–water partition coefficient (Wildman–Crippen LogP) is 3.08. The molecule has 0 aliphatic rings. The van der Waals surface area contributed by atoms with Crippen molar-refractivity contribution in [2.75, 3.05) is 5.32 Å². The molecule has 0 bridgehead atoms. The highest BCUT2D eigenvalue weighted by Gasteiger charge is 2.03. The summed E-state index contributed by atoms with van der Waals surface area (Å²) in [6.07, 6.45) is 2.90. The Balaban J connectivity index is 2.05. The molecular weight excluding hydrogens is 219 g/mol. The molecule has 0 saturated heterocycles. The summed E-state index contributed by atoms with van der Waals surface area (Å²) in [5.41, 5.74) is 0.385. The van der Waals surface area contributed by atoms with Gasteiger partial charge in [0.15, 0.2) is 6.39 Å². The van der Waals surface area contributed by atoms with Gasteiger partial charge in [0.1, 0.15) is 11.6 Å². The van der Waals surface area contributed by atoms with Crippen LogP contribution in [-0.2, 0) is 6.54 Å². The number of hydrogen-bond acceptors (Lipinski definition) is 3. The van der Waals surface area contributed by atoms with Crippen molar-refractivity contribution in [3.8, 4) is 0 Å². The van der Waals surface area contributed by atoms with Crippen LogP contribution >= 0.6 is 11.6 Å². The van der Waals surface area contributed by atoms with E-state index in [-0.39, 0.29) is 5.82 Å². The Morgan fingerprint density at radius 2 is 2.33 bits per heavy atom. The lowest BCUT2D eigenvalue weighted by atomic mass is 10.3. The fourth-order valence-electron chi connectivity index (χ4n) is 1.14. The Morgan fingerprint density at radius 1 is 1.47 bits per heavy atom. The van der Waals surface area contributed by atoms with Crippen molar-refractivity contribution >= 4 is 17.3 Å². The molecule has 0 aliphatic heterocycles. The van der Waals surface area contributed by atoms with E-state index in [0.717, 1.165) is 0 Å². The maximum atomic E-state index is 13.3. The second-order valence-corrected chi connectivity index (χ2v) is 3.38. The molecule has 0 fully saturated rings. The van der Waals surface area contributed by atoms with Gasteiger partial charge in [-0.1, -0.05) is 11.6 Å². The van der Waals surface area contributed by atoms with Crippen molar-refractivity contribution in [2.24, 2.45) is 0 Å². The van der Waals surface area contributed by atoms with E-state index in [9.17, 15) is 4.39 Å². The lowest BCUT2D eigenvalue weighted by Crippen LogP contribution is -2.00. The van der Waals surface area contributed by atoms with Crippen LogP contribution in [0, 0.1) is 5.82 Å². The van der Waals surface area contributed by atoms with Gasteiger partial charge in [0, 0.05) is 5.02 Å². The summed E-state index contributed by atoms with van der Waals surface area (Å²) in [4.78, 5) is 3.75. The van der Waals surface area contributed by atoms with Gasteiger partial charge in [0.05, 0.1) is 18.4 Å². The molecule has 0 saturated carbocycles. The molecule has 2 rings (SSSR count). The second kappa shape index (κ2) is 4.31. The van der Waals surface area contributed by atoms with Gasteiger partial charge in [-0.05, 0) is 18.2 Å². The van der Waals surface area contributed by atoms with Crippen LogP contribution in [0.15, 0.2) is 35.2 Å². The number of anilines is 1. The Morgan fingerprint density at radius 3 is 3.00 bits per heavy atom. The Hall–Kier alpha value is -1.55. The van der Waals surface area contributed by atoms with Gasteiger partial charge in [-0.25, -0.2) is 9.37 Å². The zero-order valence-corrected chi connectivity index (χ0v) is 8.46.